The fraction of sp³-hybridized carbons (Fsp3) is 0. The van der Waals surface area contributed by atoms with Crippen LogP contribution >= 0.6 is 27.5 Å². The van der Waals surface area contributed by atoms with Crippen molar-refractivity contribution in [3.8, 4) is 11.4 Å². The fourth-order valence-electron chi connectivity index (χ4n) is 1.79. The first-order valence-corrected chi connectivity index (χ1v) is 6.41. The minimum Gasteiger partial charge on any atom is -0.338 e. The number of hydrogen-bond acceptors (Lipinski definition) is 1. The van der Waals surface area contributed by atoms with Crippen LogP contribution in [0.1, 0.15) is 0 Å². The first kappa shape index (κ1) is 11.7. The number of nitrogens with one attached hydrogen (secondary N) is 1. The number of H-pyrrole nitrogens is 1. The number of hydrogen-bond donors (Lipinski definition) is 1. The largest absolute Gasteiger partial charge is 0.338 e. The molecule has 3 aromatic rings. The van der Waals surface area contributed by atoms with Crippen molar-refractivity contribution < 1.29 is 4.39 Å². The molecule has 0 saturated carbocycles. The van der Waals surface area contributed by atoms with E-state index in [0.717, 1.165) is 16.6 Å². The van der Waals surface area contributed by atoms with Gasteiger partial charge < -0.3 is 4.98 Å². The molecule has 0 spiro atoms. The number of fused-ring (bicyclic) bond motifs is 1. The van der Waals surface area contributed by atoms with Crippen LogP contribution in [0.15, 0.2) is 40.9 Å². The van der Waals surface area contributed by atoms with Gasteiger partial charge in [-0.05, 0) is 52.3 Å². The lowest BCUT2D eigenvalue weighted by molar-refractivity contribution is 0.627. The van der Waals surface area contributed by atoms with Gasteiger partial charge in [0.25, 0.3) is 0 Å². The highest BCUT2D eigenvalue weighted by molar-refractivity contribution is 9.10. The summed E-state index contributed by atoms with van der Waals surface area (Å²) in [4.78, 5) is 7.61. The van der Waals surface area contributed by atoms with Gasteiger partial charge in [0, 0.05) is 15.1 Å². The molecule has 5 heteroatoms. The van der Waals surface area contributed by atoms with E-state index in [4.69, 9.17) is 11.6 Å². The predicted octanol–water partition coefficient (Wildman–Crippen LogP) is 4.78. The Bertz CT molecular complexity index is 739. The molecular weight excluding hydrogens is 319 g/mol. The monoisotopic (exact) mass is 324 g/mol. The molecule has 3 rings (SSSR count). The minimum absolute atomic E-state index is 0.287. The summed E-state index contributed by atoms with van der Waals surface area (Å²) in [7, 11) is 0. The van der Waals surface area contributed by atoms with Gasteiger partial charge in [0.2, 0.25) is 0 Å². The summed E-state index contributed by atoms with van der Waals surface area (Å²) in [5, 5.41) is 0.649. The second-order valence-electron chi connectivity index (χ2n) is 3.87. The van der Waals surface area contributed by atoms with Gasteiger partial charge in [-0.15, -0.1) is 0 Å². The molecule has 0 aliphatic heterocycles. The van der Waals surface area contributed by atoms with Crippen LogP contribution in [-0.2, 0) is 0 Å². The lowest BCUT2D eigenvalue weighted by Gasteiger charge is -2.00. The summed E-state index contributed by atoms with van der Waals surface area (Å²) in [6.45, 7) is 0. The normalized spacial score (nSPS) is 11.1. The fourth-order valence-corrected chi connectivity index (χ4v) is 2.50. The molecule has 0 unspecified atom stereocenters. The second-order valence-corrected chi connectivity index (χ2v) is 5.16. The molecule has 0 atom stereocenters. The Kier molecular flexibility index (Phi) is 2.84. The summed E-state index contributed by atoms with van der Waals surface area (Å²) >= 11 is 9.25. The van der Waals surface area contributed by atoms with Crippen LogP contribution in [0.3, 0.4) is 0 Å². The van der Waals surface area contributed by atoms with Gasteiger partial charge in [-0.25, -0.2) is 9.37 Å². The topological polar surface area (TPSA) is 28.7 Å². The molecule has 0 amide bonds. The average Bonchev–Trinajstić information content (AvgIpc) is 2.71. The standard InChI is InChI=1S/C13H7BrClFN2/c14-10-6-8(16)2-3-9(10)13-17-11-4-1-7(15)5-12(11)18-13/h1-6H,(H,17,18). The van der Waals surface area contributed by atoms with E-state index in [2.05, 4.69) is 25.9 Å². The molecule has 90 valence electrons. The van der Waals surface area contributed by atoms with Gasteiger partial charge >= 0.3 is 0 Å². The van der Waals surface area contributed by atoms with Crippen LogP contribution in [0.5, 0.6) is 0 Å². The van der Waals surface area contributed by atoms with Crippen LogP contribution in [-0.4, -0.2) is 9.97 Å². The first-order chi connectivity index (χ1) is 8.63. The predicted molar refractivity (Wildman–Crippen MR) is 74.2 cm³/mol. The molecule has 0 aliphatic carbocycles. The molecule has 1 aromatic heterocycles. The van der Waals surface area contributed by atoms with Crippen LogP contribution in [0.4, 0.5) is 4.39 Å². The third kappa shape index (κ3) is 2.02. The van der Waals surface area contributed by atoms with Crippen molar-refractivity contribution in [2.45, 2.75) is 0 Å². The Morgan fingerprint density at radius 1 is 1.17 bits per heavy atom. The molecule has 18 heavy (non-hydrogen) atoms. The van der Waals surface area contributed by atoms with Gasteiger partial charge in [0.1, 0.15) is 11.6 Å². The van der Waals surface area contributed by atoms with E-state index in [1.54, 1.807) is 12.1 Å². The van der Waals surface area contributed by atoms with E-state index in [0.29, 0.717) is 15.3 Å². The Balaban J connectivity index is 2.19. The summed E-state index contributed by atoms with van der Waals surface area (Å²) in [5.74, 6) is 0.393. The highest BCUT2D eigenvalue weighted by Gasteiger charge is 2.09. The summed E-state index contributed by atoms with van der Waals surface area (Å²) in [5.41, 5.74) is 2.49. The van der Waals surface area contributed by atoms with E-state index < -0.39 is 0 Å². The molecule has 0 aliphatic rings. The quantitative estimate of drug-likeness (QED) is 0.685. The molecule has 0 saturated heterocycles. The van der Waals surface area contributed by atoms with Crippen LogP contribution in [0.2, 0.25) is 5.02 Å². The Hall–Kier alpha value is -1.39. The molecular formula is C13H7BrClFN2. The van der Waals surface area contributed by atoms with Crippen molar-refractivity contribution in [1.29, 1.82) is 0 Å². The van der Waals surface area contributed by atoms with E-state index >= 15 is 0 Å². The smallest absolute Gasteiger partial charge is 0.139 e. The Morgan fingerprint density at radius 3 is 2.78 bits per heavy atom. The van der Waals surface area contributed by atoms with Gasteiger partial charge in [0.05, 0.1) is 11.0 Å². The number of aromatic amines is 1. The zero-order valence-electron chi connectivity index (χ0n) is 9.05. The van der Waals surface area contributed by atoms with Crippen molar-refractivity contribution in [3.63, 3.8) is 0 Å². The zero-order valence-corrected chi connectivity index (χ0v) is 11.4. The lowest BCUT2D eigenvalue weighted by atomic mass is 10.2. The molecule has 2 aromatic carbocycles. The van der Waals surface area contributed by atoms with Crippen LogP contribution in [0.25, 0.3) is 22.4 Å². The maximum atomic E-state index is 13.0. The second kappa shape index (κ2) is 4.37. The van der Waals surface area contributed by atoms with Gasteiger partial charge in [-0.2, -0.15) is 0 Å². The minimum atomic E-state index is -0.287. The molecule has 1 N–H and O–H groups in total. The maximum Gasteiger partial charge on any atom is 0.139 e. The lowest BCUT2D eigenvalue weighted by Crippen LogP contribution is -1.83. The van der Waals surface area contributed by atoms with E-state index in [1.165, 1.54) is 12.1 Å². The molecule has 0 fully saturated rings. The van der Waals surface area contributed by atoms with Crippen molar-refractivity contribution in [3.05, 3.63) is 51.7 Å². The molecule has 0 bridgehead atoms. The Morgan fingerprint density at radius 2 is 2.00 bits per heavy atom. The number of nitrogens with zero attached hydrogens (tertiary/aromatic N) is 1. The van der Waals surface area contributed by atoms with Crippen LogP contribution < -0.4 is 0 Å². The first-order valence-electron chi connectivity index (χ1n) is 5.24. The van der Waals surface area contributed by atoms with E-state index in [1.807, 2.05) is 12.1 Å². The Labute approximate surface area is 116 Å². The highest BCUT2D eigenvalue weighted by atomic mass is 79.9. The van der Waals surface area contributed by atoms with Crippen molar-refractivity contribution in [1.82, 2.24) is 9.97 Å². The zero-order chi connectivity index (χ0) is 12.7. The van der Waals surface area contributed by atoms with Crippen molar-refractivity contribution in [2.24, 2.45) is 0 Å². The third-order valence-electron chi connectivity index (χ3n) is 2.63. The molecule has 2 nitrogen and oxygen atoms in total. The number of rotatable bonds is 1. The SMILES string of the molecule is Fc1ccc(-c2nc3ccc(Cl)cc3[nH]2)c(Br)c1. The number of imidazole rings is 1. The van der Waals surface area contributed by atoms with Gasteiger partial charge in [-0.3, -0.25) is 0 Å². The number of benzene rings is 2. The number of halogens is 3. The van der Waals surface area contributed by atoms with Gasteiger partial charge in [0.15, 0.2) is 0 Å². The highest BCUT2D eigenvalue weighted by Crippen LogP contribution is 2.29. The summed E-state index contributed by atoms with van der Waals surface area (Å²) in [6.07, 6.45) is 0. The average molecular weight is 326 g/mol. The molecule has 0 radical (unpaired) electrons. The third-order valence-corrected chi connectivity index (χ3v) is 3.52. The summed E-state index contributed by atoms with van der Waals surface area (Å²) in [6, 6.07) is 9.93. The van der Waals surface area contributed by atoms with Gasteiger partial charge in [-0.1, -0.05) is 11.6 Å². The van der Waals surface area contributed by atoms with Crippen LogP contribution in [0, 0.1) is 5.82 Å². The van der Waals surface area contributed by atoms with Crippen molar-refractivity contribution >= 4 is 38.6 Å². The summed E-state index contributed by atoms with van der Waals surface area (Å²) < 4.78 is 13.7. The number of aromatic nitrogens is 2. The van der Waals surface area contributed by atoms with E-state index in [-0.39, 0.29) is 5.82 Å². The van der Waals surface area contributed by atoms with E-state index in [9.17, 15) is 4.39 Å². The maximum absolute atomic E-state index is 13.0. The van der Waals surface area contributed by atoms with Crippen molar-refractivity contribution in [2.75, 3.05) is 0 Å². The molecule has 1 heterocycles.